The number of rotatable bonds is 6. The van der Waals surface area contributed by atoms with Crippen molar-refractivity contribution in [3.63, 3.8) is 0 Å². The first-order chi connectivity index (χ1) is 11.5. The number of carbonyl (C=O) groups excluding carboxylic acids is 1. The second kappa shape index (κ2) is 8.56. The molecular formula is C20H22N2OS. The number of nitriles is 1. The molecule has 0 aromatic heterocycles. The van der Waals surface area contributed by atoms with Gasteiger partial charge in [-0.05, 0) is 36.1 Å². The molecule has 2 rings (SSSR count). The van der Waals surface area contributed by atoms with E-state index < -0.39 is 0 Å². The molecule has 124 valence electrons. The molecular weight excluding hydrogens is 316 g/mol. The Bertz CT molecular complexity index is 732. The van der Waals surface area contributed by atoms with Crippen molar-refractivity contribution in [1.29, 1.82) is 5.26 Å². The van der Waals surface area contributed by atoms with Crippen LogP contribution in [0.15, 0.2) is 53.4 Å². The Kier molecular flexibility index (Phi) is 6.45. The van der Waals surface area contributed by atoms with E-state index in [4.69, 9.17) is 5.26 Å². The number of carbonyl (C=O) groups is 1. The molecule has 0 heterocycles. The molecule has 0 fully saturated rings. The maximum absolute atomic E-state index is 12.6. The number of hydrogen-bond donors (Lipinski definition) is 1. The van der Waals surface area contributed by atoms with Gasteiger partial charge in [0.2, 0.25) is 0 Å². The van der Waals surface area contributed by atoms with E-state index in [1.807, 2.05) is 25.1 Å². The number of hydrogen-bond acceptors (Lipinski definition) is 3. The summed E-state index contributed by atoms with van der Waals surface area (Å²) >= 11 is 1.38. The minimum absolute atomic E-state index is 0.0762. The first kappa shape index (κ1) is 18.1. The Morgan fingerprint density at radius 3 is 2.33 bits per heavy atom. The lowest BCUT2D eigenvalue weighted by molar-refractivity contribution is 0.0937. The molecule has 1 unspecified atom stereocenters. The summed E-state index contributed by atoms with van der Waals surface area (Å²) in [5.74, 6) is 0.709. The van der Waals surface area contributed by atoms with Crippen LogP contribution in [0.5, 0.6) is 0 Å². The van der Waals surface area contributed by atoms with Crippen LogP contribution in [-0.2, 0) is 0 Å². The van der Waals surface area contributed by atoms with Crippen molar-refractivity contribution in [2.75, 3.05) is 5.75 Å². The molecule has 24 heavy (non-hydrogen) atoms. The quantitative estimate of drug-likeness (QED) is 0.761. The maximum atomic E-state index is 12.6. The van der Waals surface area contributed by atoms with Crippen LogP contribution in [0.1, 0.15) is 54.2 Å². The van der Waals surface area contributed by atoms with Crippen molar-refractivity contribution in [1.82, 2.24) is 5.32 Å². The molecule has 0 saturated heterocycles. The molecule has 4 heteroatoms. The second-order valence-electron chi connectivity index (χ2n) is 5.96. The number of nitrogens with one attached hydrogen (secondary N) is 1. The summed E-state index contributed by atoms with van der Waals surface area (Å²) in [6, 6.07) is 17.8. The molecule has 0 saturated carbocycles. The Morgan fingerprint density at radius 2 is 1.71 bits per heavy atom. The predicted octanol–water partition coefficient (Wildman–Crippen LogP) is 4.92. The average molecular weight is 338 g/mol. The summed E-state index contributed by atoms with van der Waals surface area (Å²) in [6.07, 6.45) is 0. The smallest absolute Gasteiger partial charge is 0.252 e. The summed E-state index contributed by atoms with van der Waals surface area (Å²) in [6.45, 7) is 6.30. The molecule has 3 nitrogen and oxygen atoms in total. The van der Waals surface area contributed by atoms with Gasteiger partial charge in [-0.2, -0.15) is 5.26 Å². The standard InChI is InChI=1S/C20H22N2OS/c1-14(2)16-8-10-17(11-9-16)15(3)22-20(23)18-6-4-5-7-19(18)24-13-12-21/h4-11,14-15H,13H2,1-3H3,(H,22,23). The molecule has 0 spiro atoms. The van der Waals surface area contributed by atoms with Gasteiger partial charge in [0.15, 0.2) is 0 Å². The van der Waals surface area contributed by atoms with Gasteiger partial charge in [-0.15, -0.1) is 11.8 Å². The largest absolute Gasteiger partial charge is 0.345 e. The number of nitrogens with zero attached hydrogens (tertiary/aromatic N) is 1. The Labute approximate surface area is 148 Å². The van der Waals surface area contributed by atoms with Gasteiger partial charge in [0.05, 0.1) is 23.4 Å². The van der Waals surface area contributed by atoms with Crippen molar-refractivity contribution in [3.05, 3.63) is 65.2 Å². The summed E-state index contributed by atoms with van der Waals surface area (Å²) in [5.41, 5.74) is 2.98. The van der Waals surface area contributed by atoms with Gasteiger partial charge >= 0.3 is 0 Å². The van der Waals surface area contributed by atoms with Gasteiger partial charge in [0.1, 0.15) is 0 Å². The lowest BCUT2D eigenvalue weighted by Crippen LogP contribution is -2.27. The van der Waals surface area contributed by atoms with Crippen LogP contribution in [-0.4, -0.2) is 11.7 Å². The molecule has 1 amide bonds. The van der Waals surface area contributed by atoms with Crippen molar-refractivity contribution in [3.8, 4) is 6.07 Å². The number of benzene rings is 2. The van der Waals surface area contributed by atoms with Gasteiger partial charge in [-0.1, -0.05) is 50.2 Å². The van der Waals surface area contributed by atoms with E-state index in [0.29, 0.717) is 17.2 Å². The highest BCUT2D eigenvalue weighted by molar-refractivity contribution is 7.99. The molecule has 0 aliphatic rings. The van der Waals surface area contributed by atoms with E-state index in [0.717, 1.165) is 10.5 Å². The Morgan fingerprint density at radius 1 is 1.08 bits per heavy atom. The number of thioether (sulfide) groups is 1. The molecule has 1 N–H and O–H groups in total. The summed E-state index contributed by atoms with van der Waals surface area (Å²) in [5, 5.41) is 11.8. The fraction of sp³-hybridized carbons (Fsp3) is 0.300. The zero-order valence-electron chi connectivity index (χ0n) is 14.2. The highest BCUT2D eigenvalue weighted by Crippen LogP contribution is 2.23. The van der Waals surface area contributed by atoms with Crippen LogP contribution in [0, 0.1) is 11.3 Å². The lowest BCUT2D eigenvalue weighted by atomic mass is 9.99. The van der Waals surface area contributed by atoms with Gasteiger partial charge in [-0.3, -0.25) is 4.79 Å². The minimum Gasteiger partial charge on any atom is -0.345 e. The molecule has 0 radical (unpaired) electrons. The monoisotopic (exact) mass is 338 g/mol. The van der Waals surface area contributed by atoms with E-state index in [1.54, 1.807) is 6.07 Å². The fourth-order valence-corrected chi connectivity index (χ4v) is 3.13. The van der Waals surface area contributed by atoms with Crippen LogP contribution in [0.3, 0.4) is 0 Å². The maximum Gasteiger partial charge on any atom is 0.252 e. The van der Waals surface area contributed by atoms with E-state index in [1.165, 1.54) is 17.3 Å². The predicted molar refractivity (Wildman–Crippen MR) is 99.2 cm³/mol. The van der Waals surface area contributed by atoms with Gasteiger partial charge in [0.25, 0.3) is 5.91 Å². The third kappa shape index (κ3) is 4.62. The van der Waals surface area contributed by atoms with Crippen molar-refractivity contribution >= 4 is 17.7 Å². The van der Waals surface area contributed by atoms with Crippen LogP contribution in [0.25, 0.3) is 0 Å². The van der Waals surface area contributed by atoms with Crippen molar-refractivity contribution < 1.29 is 4.79 Å². The molecule has 0 aliphatic heterocycles. The SMILES string of the molecule is CC(C)c1ccc(C(C)NC(=O)c2ccccc2SCC#N)cc1. The van der Waals surface area contributed by atoms with Crippen LogP contribution in [0.4, 0.5) is 0 Å². The molecule has 0 aliphatic carbocycles. The van der Waals surface area contributed by atoms with E-state index in [2.05, 4.69) is 49.5 Å². The zero-order valence-corrected chi connectivity index (χ0v) is 15.1. The highest BCUT2D eigenvalue weighted by atomic mass is 32.2. The molecule has 0 bridgehead atoms. The average Bonchev–Trinajstić information content (AvgIpc) is 2.60. The molecule has 2 aromatic carbocycles. The third-order valence-electron chi connectivity index (χ3n) is 3.87. The third-order valence-corrected chi connectivity index (χ3v) is 4.82. The molecule has 2 aromatic rings. The zero-order chi connectivity index (χ0) is 17.5. The topological polar surface area (TPSA) is 52.9 Å². The van der Waals surface area contributed by atoms with Crippen molar-refractivity contribution in [2.45, 2.75) is 37.6 Å². The van der Waals surface area contributed by atoms with Gasteiger partial charge in [0, 0.05) is 4.90 Å². The fourth-order valence-electron chi connectivity index (χ4n) is 2.42. The van der Waals surface area contributed by atoms with E-state index >= 15 is 0 Å². The second-order valence-corrected chi connectivity index (χ2v) is 6.98. The first-order valence-corrected chi connectivity index (χ1v) is 9.01. The Balaban J connectivity index is 2.10. The van der Waals surface area contributed by atoms with E-state index in [-0.39, 0.29) is 11.9 Å². The molecule has 1 atom stereocenters. The van der Waals surface area contributed by atoms with Crippen molar-refractivity contribution in [2.24, 2.45) is 0 Å². The number of amides is 1. The van der Waals surface area contributed by atoms with Crippen LogP contribution in [0.2, 0.25) is 0 Å². The van der Waals surface area contributed by atoms with Crippen LogP contribution < -0.4 is 5.32 Å². The first-order valence-electron chi connectivity index (χ1n) is 8.02. The van der Waals surface area contributed by atoms with E-state index in [9.17, 15) is 4.79 Å². The minimum atomic E-state index is -0.114. The summed E-state index contributed by atoms with van der Waals surface area (Å²) in [7, 11) is 0. The summed E-state index contributed by atoms with van der Waals surface area (Å²) in [4.78, 5) is 13.4. The van der Waals surface area contributed by atoms with Gasteiger partial charge in [-0.25, -0.2) is 0 Å². The summed E-state index contributed by atoms with van der Waals surface area (Å²) < 4.78 is 0. The lowest BCUT2D eigenvalue weighted by Gasteiger charge is -2.16. The Hall–Kier alpha value is -2.25. The normalized spacial score (nSPS) is 11.8. The van der Waals surface area contributed by atoms with Crippen LogP contribution >= 0.6 is 11.8 Å². The highest BCUT2D eigenvalue weighted by Gasteiger charge is 2.15. The van der Waals surface area contributed by atoms with Gasteiger partial charge < -0.3 is 5.32 Å².